The molecule has 2 heteroatoms. The second-order valence-corrected chi connectivity index (χ2v) is 5.48. The van der Waals surface area contributed by atoms with Crippen LogP contribution in [0.5, 0.6) is 0 Å². The molecule has 1 unspecified atom stereocenters. The molecule has 2 rings (SSSR count). The van der Waals surface area contributed by atoms with E-state index in [2.05, 4.69) is 54.6 Å². The van der Waals surface area contributed by atoms with Crippen LogP contribution in [0.3, 0.4) is 0 Å². The molecule has 0 saturated heterocycles. The first-order valence-corrected chi connectivity index (χ1v) is 7.23. The summed E-state index contributed by atoms with van der Waals surface area (Å²) in [5.41, 5.74) is 1.39. The Labute approximate surface area is 111 Å². The molecule has 18 heavy (non-hydrogen) atoms. The van der Waals surface area contributed by atoms with Gasteiger partial charge in [-0.1, -0.05) is 49.6 Å². The Morgan fingerprint density at radius 2 is 1.83 bits per heavy atom. The van der Waals surface area contributed by atoms with Gasteiger partial charge < -0.3 is 10.2 Å². The largest absolute Gasteiger partial charge is 0.312 e. The molecule has 1 saturated carbocycles. The minimum atomic E-state index is 0.443. The molecule has 1 fully saturated rings. The van der Waals surface area contributed by atoms with Crippen molar-refractivity contribution in [2.75, 3.05) is 20.6 Å². The van der Waals surface area contributed by atoms with Crippen molar-refractivity contribution in [3.05, 3.63) is 35.9 Å². The molecule has 2 nitrogen and oxygen atoms in total. The van der Waals surface area contributed by atoms with Crippen LogP contribution in [0.4, 0.5) is 0 Å². The number of nitrogens with one attached hydrogen (secondary N) is 1. The van der Waals surface area contributed by atoms with Crippen LogP contribution >= 0.6 is 0 Å². The van der Waals surface area contributed by atoms with Crippen LogP contribution in [0.25, 0.3) is 0 Å². The standard InChI is InChI=1S/C16H26N2/c1-17-16(14-9-5-3-6-10-14)13-18(2)15-11-7-4-8-12-15/h3,5-6,9-10,15-17H,4,7-8,11-13H2,1-2H3. The van der Waals surface area contributed by atoms with Gasteiger partial charge in [0.05, 0.1) is 0 Å². The molecule has 1 aromatic rings. The van der Waals surface area contributed by atoms with E-state index >= 15 is 0 Å². The van der Waals surface area contributed by atoms with Crippen LogP contribution in [0.15, 0.2) is 30.3 Å². The van der Waals surface area contributed by atoms with Crippen LogP contribution in [0.2, 0.25) is 0 Å². The average molecular weight is 246 g/mol. The smallest absolute Gasteiger partial charge is 0.0446 e. The van der Waals surface area contributed by atoms with Crippen molar-refractivity contribution in [3.63, 3.8) is 0 Å². The lowest BCUT2D eigenvalue weighted by atomic mass is 9.94. The fraction of sp³-hybridized carbons (Fsp3) is 0.625. The highest BCUT2D eigenvalue weighted by Crippen LogP contribution is 2.23. The lowest BCUT2D eigenvalue weighted by Crippen LogP contribution is -2.39. The van der Waals surface area contributed by atoms with Gasteiger partial charge in [0.2, 0.25) is 0 Å². The molecule has 1 aliphatic rings. The van der Waals surface area contributed by atoms with Crippen molar-refractivity contribution in [3.8, 4) is 0 Å². The molecule has 0 aromatic heterocycles. The second-order valence-electron chi connectivity index (χ2n) is 5.48. The first-order valence-electron chi connectivity index (χ1n) is 7.23. The van der Waals surface area contributed by atoms with Crippen LogP contribution in [-0.2, 0) is 0 Å². The van der Waals surface area contributed by atoms with E-state index in [-0.39, 0.29) is 0 Å². The topological polar surface area (TPSA) is 15.3 Å². The fourth-order valence-electron chi connectivity index (χ4n) is 3.01. The lowest BCUT2D eigenvalue weighted by molar-refractivity contribution is 0.176. The Morgan fingerprint density at radius 1 is 1.17 bits per heavy atom. The third kappa shape index (κ3) is 3.56. The van der Waals surface area contributed by atoms with E-state index in [1.807, 2.05) is 0 Å². The zero-order chi connectivity index (χ0) is 12.8. The molecule has 0 radical (unpaired) electrons. The predicted molar refractivity (Wildman–Crippen MR) is 77.7 cm³/mol. The molecule has 100 valence electrons. The van der Waals surface area contributed by atoms with Gasteiger partial charge in [0, 0.05) is 18.6 Å². The van der Waals surface area contributed by atoms with Gasteiger partial charge in [-0.3, -0.25) is 0 Å². The summed E-state index contributed by atoms with van der Waals surface area (Å²) in [6, 6.07) is 12.0. The highest BCUT2D eigenvalue weighted by Gasteiger charge is 2.20. The summed E-state index contributed by atoms with van der Waals surface area (Å²) in [5.74, 6) is 0. The summed E-state index contributed by atoms with van der Waals surface area (Å²) in [4.78, 5) is 2.55. The molecule has 1 aromatic carbocycles. The molecule has 0 aliphatic heterocycles. The number of nitrogens with zero attached hydrogens (tertiary/aromatic N) is 1. The highest BCUT2D eigenvalue weighted by molar-refractivity contribution is 5.19. The number of benzene rings is 1. The summed E-state index contributed by atoms with van der Waals surface area (Å²) in [5, 5.41) is 3.45. The summed E-state index contributed by atoms with van der Waals surface area (Å²) in [7, 11) is 4.34. The zero-order valence-electron chi connectivity index (χ0n) is 11.7. The van der Waals surface area contributed by atoms with E-state index in [1.54, 1.807) is 0 Å². The summed E-state index contributed by atoms with van der Waals surface area (Å²) in [6.45, 7) is 1.10. The molecule has 0 amide bonds. The van der Waals surface area contributed by atoms with E-state index in [1.165, 1.54) is 37.7 Å². The fourth-order valence-corrected chi connectivity index (χ4v) is 3.01. The molecule has 1 aliphatic carbocycles. The third-order valence-corrected chi connectivity index (χ3v) is 4.22. The van der Waals surface area contributed by atoms with Crippen molar-refractivity contribution in [1.29, 1.82) is 0 Å². The van der Waals surface area contributed by atoms with Gasteiger partial charge in [0.1, 0.15) is 0 Å². The molecule has 1 N–H and O–H groups in total. The van der Waals surface area contributed by atoms with Gasteiger partial charge in [0.15, 0.2) is 0 Å². The minimum absolute atomic E-state index is 0.443. The second kappa shape index (κ2) is 6.91. The number of rotatable bonds is 5. The van der Waals surface area contributed by atoms with E-state index in [0.717, 1.165) is 12.6 Å². The molecule has 1 atom stereocenters. The van der Waals surface area contributed by atoms with Crippen LogP contribution < -0.4 is 5.32 Å². The first-order chi connectivity index (χ1) is 8.81. The van der Waals surface area contributed by atoms with Gasteiger partial charge in [0.25, 0.3) is 0 Å². The maximum atomic E-state index is 3.45. The van der Waals surface area contributed by atoms with Crippen molar-refractivity contribution in [2.45, 2.75) is 44.2 Å². The first kappa shape index (κ1) is 13.6. The Kier molecular flexibility index (Phi) is 5.21. The van der Waals surface area contributed by atoms with Gasteiger partial charge in [-0.15, -0.1) is 0 Å². The van der Waals surface area contributed by atoms with Crippen molar-refractivity contribution in [2.24, 2.45) is 0 Å². The third-order valence-electron chi connectivity index (χ3n) is 4.22. The van der Waals surface area contributed by atoms with Gasteiger partial charge in [-0.25, -0.2) is 0 Å². The average Bonchev–Trinajstić information content (AvgIpc) is 2.46. The lowest BCUT2D eigenvalue weighted by Gasteiger charge is -2.33. The monoisotopic (exact) mass is 246 g/mol. The van der Waals surface area contributed by atoms with Crippen molar-refractivity contribution in [1.82, 2.24) is 10.2 Å². The molecule has 0 bridgehead atoms. The summed E-state index contributed by atoms with van der Waals surface area (Å²) in [6.07, 6.45) is 7.00. The summed E-state index contributed by atoms with van der Waals surface area (Å²) < 4.78 is 0. The van der Waals surface area contributed by atoms with Crippen molar-refractivity contribution < 1.29 is 0 Å². The predicted octanol–water partition coefficient (Wildman–Crippen LogP) is 3.21. The van der Waals surface area contributed by atoms with Crippen molar-refractivity contribution >= 4 is 0 Å². The Morgan fingerprint density at radius 3 is 2.44 bits per heavy atom. The maximum Gasteiger partial charge on any atom is 0.0446 e. The molecular weight excluding hydrogens is 220 g/mol. The zero-order valence-corrected chi connectivity index (χ0v) is 11.7. The van der Waals surface area contributed by atoms with Gasteiger partial charge >= 0.3 is 0 Å². The van der Waals surface area contributed by atoms with E-state index < -0.39 is 0 Å². The summed E-state index contributed by atoms with van der Waals surface area (Å²) >= 11 is 0. The van der Waals surface area contributed by atoms with Gasteiger partial charge in [-0.05, 0) is 32.5 Å². The normalized spacial score (nSPS) is 19.1. The molecular formula is C16H26N2. The van der Waals surface area contributed by atoms with E-state index in [9.17, 15) is 0 Å². The Hall–Kier alpha value is -0.860. The Balaban J connectivity index is 1.93. The minimum Gasteiger partial charge on any atom is -0.312 e. The maximum absolute atomic E-state index is 3.45. The van der Waals surface area contributed by atoms with E-state index in [0.29, 0.717) is 6.04 Å². The highest BCUT2D eigenvalue weighted by atomic mass is 15.1. The number of likely N-dealkylation sites (N-methyl/N-ethyl adjacent to an activating group) is 2. The molecule has 0 spiro atoms. The number of hydrogen-bond acceptors (Lipinski definition) is 2. The number of hydrogen-bond donors (Lipinski definition) is 1. The van der Waals surface area contributed by atoms with Crippen LogP contribution in [-0.4, -0.2) is 31.6 Å². The van der Waals surface area contributed by atoms with Gasteiger partial charge in [-0.2, -0.15) is 0 Å². The quantitative estimate of drug-likeness (QED) is 0.858. The Bertz CT molecular complexity index is 330. The van der Waals surface area contributed by atoms with Crippen LogP contribution in [0.1, 0.15) is 43.7 Å². The SMILES string of the molecule is CNC(CN(C)C1CCCCC1)c1ccccc1. The van der Waals surface area contributed by atoms with Crippen LogP contribution in [0, 0.1) is 0 Å². The van der Waals surface area contributed by atoms with E-state index in [4.69, 9.17) is 0 Å². The molecule has 0 heterocycles.